The van der Waals surface area contributed by atoms with Gasteiger partial charge in [-0.1, -0.05) is 12.1 Å². The van der Waals surface area contributed by atoms with E-state index >= 15 is 0 Å². The predicted molar refractivity (Wildman–Crippen MR) is 175 cm³/mol. The number of methoxy groups -OCH3 is 1. The zero-order valence-corrected chi connectivity index (χ0v) is 26.4. The lowest BCUT2D eigenvalue weighted by atomic mass is 9.97. The highest BCUT2D eigenvalue weighted by molar-refractivity contribution is 6.01. The molecule has 5 aromatic rings. The lowest BCUT2D eigenvalue weighted by molar-refractivity contribution is 0.0678. The zero-order valence-electron chi connectivity index (χ0n) is 26.4. The third-order valence-electron chi connectivity index (χ3n) is 9.60. The van der Waals surface area contributed by atoms with Gasteiger partial charge in [0.05, 0.1) is 46.6 Å². The Bertz CT molecular complexity index is 1890. The highest BCUT2D eigenvalue weighted by Gasteiger charge is 2.29. The molecule has 1 aliphatic carbocycles. The maximum absolute atomic E-state index is 13.6. The molecule has 10 heteroatoms. The number of likely N-dealkylation sites (tertiary alicyclic amines) is 1. The molecule has 0 spiro atoms. The van der Waals surface area contributed by atoms with E-state index in [0.29, 0.717) is 36.2 Å². The van der Waals surface area contributed by atoms with Crippen LogP contribution in [0.2, 0.25) is 0 Å². The lowest BCUT2D eigenvalue weighted by Gasteiger charge is -2.32. The Morgan fingerprint density at radius 1 is 1.09 bits per heavy atom. The predicted octanol–water partition coefficient (Wildman–Crippen LogP) is 5.52. The molecule has 2 fully saturated rings. The van der Waals surface area contributed by atoms with Gasteiger partial charge in [-0.25, -0.2) is 4.98 Å². The van der Waals surface area contributed by atoms with Crippen molar-refractivity contribution < 1.29 is 9.53 Å². The van der Waals surface area contributed by atoms with E-state index in [0.717, 1.165) is 82.1 Å². The van der Waals surface area contributed by atoms with Gasteiger partial charge in [0, 0.05) is 44.7 Å². The monoisotopic (exact) mass is 594 g/mol. The van der Waals surface area contributed by atoms with E-state index < -0.39 is 0 Å². The van der Waals surface area contributed by atoms with Crippen molar-refractivity contribution >= 4 is 39.2 Å². The summed E-state index contributed by atoms with van der Waals surface area (Å²) in [5.41, 5.74) is 14.5. The number of rotatable bonds is 8. The first-order valence-electron chi connectivity index (χ1n) is 15.7. The van der Waals surface area contributed by atoms with Crippen molar-refractivity contribution in [2.75, 3.05) is 32.1 Å². The molecule has 1 saturated heterocycles. The highest BCUT2D eigenvalue weighted by Crippen LogP contribution is 2.40. The standard InChI is InChI=1S/C34H42N8O2/c1-20-30(21(2)40(4)38-20)36-26-10-6-9-24-15-28(42(31(24)26)19-22-11-12-22)33-37-27-14-25(16-29(44-5)32(27)39(33)3)34(43)41-13-7-8-23(17-35)18-41/h6,9-10,14-16,22-23,36H,7-8,11-13,17-19,35H2,1-5H3/t23-/m0/s1. The molecule has 7 rings (SSSR count). The molecule has 1 atom stereocenters. The molecule has 1 amide bonds. The molecule has 2 aromatic carbocycles. The first-order valence-corrected chi connectivity index (χ1v) is 15.7. The van der Waals surface area contributed by atoms with Gasteiger partial charge in [-0.3, -0.25) is 9.48 Å². The Kier molecular flexibility index (Phi) is 7.11. The molecule has 1 aliphatic heterocycles. The lowest BCUT2D eigenvalue weighted by Crippen LogP contribution is -2.42. The fourth-order valence-corrected chi connectivity index (χ4v) is 6.89. The number of para-hydroxylation sites is 1. The van der Waals surface area contributed by atoms with Gasteiger partial charge >= 0.3 is 0 Å². The number of nitrogens with two attached hydrogens (primary N) is 1. The summed E-state index contributed by atoms with van der Waals surface area (Å²) in [5, 5.41) is 9.49. The number of hydrogen-bond acceptors (Lipinski definition) is 6. The minimum absolute atomic E-state index is 0.00936. The SMILES string of the molecule is COc1cc(C(=O)N2CCC[C@@H](CN)C2)cc2nc(-c3cc4cccc(Nc5c(C)nn(C)c5C)c4n3CC3CC3)n(C)c12. The molecule has 3 aromatic heterocycles. The third-order valence-corrected chi connectivity index (χ3v) is 9.60. The molecule has 2 aliphatic rings. The summed E-state index contributed by atoms with van der Waals surface area (Å²) in [6.07, 6.45) is 4.51. The molecule has 0 radical (unpaired) electrons. The molecule has 0 unspecified atom stereocenters. The summed E-state index contributed by atoms with van der Waals surface area (Å²) < 4.78 is 12.3. The number of fused-ring (bicyclic) bond motifs is 2. The van der Waals surface area contributed by atoms with Gasteiger partial charge in [-0.15, -0.1) is 0 Å². The fraction of sp³-hybridized carbons (Fsp3) is 0.441. The average Bonchev–Trinajstić information content (AvgIpc) is 3.63. The Hall–Kier alpha value is -4.31. The molecule has 10 nitrogen and oxygen atoms in total. The molecule has 3 N–H and O–H groups in total. The van der Waals surface area contributed by atoms with Crippen LogP contribution in [0.1, 0.15) is 47.4 Å². The molecule has 1 saturated carbocycles. The molecular formula is C34H42N8O2. The van der Waals surface area contributed by atoms with Crippen LogP contribution in [0.4, 0.5) is 11.4 Å². The number of nitrogens with zero attached hydrogens (tertiary/aromatic N) is 6. The smallest absolute Gasteiger partial charge is 0.254 e. The van der Waals surface area contributed by atoms with Crippen molar-refractivity contribution in [2.24, 2.45) is 31.7 Å². The maximum atomic E-state index is 13.6. The zero-order chi connectivity index (χ0) is 30.7. The van der Waals surface area contributed by atoms with Crippen molar-refractivity contribution in [1.82, 2.24) is 28.8 Å². The molecule has 0 bridgehead atoms. The fourth-order valence-electron chi connectivity index (χ4n) is 6.89. The van der Waals surface area contributed by atoms with Crippen LogP contribution in [0.5, 0.6) is 5.75 Å². The van der Waals surface area contributed by atoms with Gasteiger partial charge in [0.25, 0.3) is 5.91 Å². The Labute approximate surface area is 257 Å². The van der Waals surface area contributed by atoms with Crippen LogP contribution in [-0.4, -0.2) is 61.4 Å². The number of carbonyl (C=O) groups excluding carboxylic acids is 1. The summed E-state index contributed by atoms with van der Waals surface area (Å²) >= 11 is 0. The first-order chi connectivity index (χ1) is 21.3. The van der Waals surface area contributed by atoms with Crippen molar-refractivity contribution in [1.29, 1.82) is 0 Å². The third kappa shape index (κ3) is 4.81. The number of imidazole rings is 1. The summed E-state index contributed by atoms with van der Waals surface area (Å²) in [5.74, 6) is 2.50. The number of amides is 1. The number of piperidine rings is 1. The van der Waals surface area contributed by atoms with Crippen molar-refractivity contribution in [3.63, 3.8) is 0 Å². The van der Waals surface area contributed by atoms with Crippen molar-refractivity contribution in [2.45, 2.75) is 46.1 Å². The summed E-state index contributed by atoms with van der Waals surface area (Å²) in [6, 6.07) is 12.4. The Morgan fingerprint density at radius 3 is 2.61 bits per heavy atom. The van der Waals surface area contributed by atoms with E-state index in [9.17, 15) is 4.79 Å². The van der Waals surface area contributed by atoms with Crippen LogP contribution in [0.25, 0.3) is 33.5 Å². The number of nitrogens with one attached hydrogen (secondary N) is 1. The molecular weight excluding hydrogens is 552 g/mol. The van der Waals surface area contributed by atoms with E-state index in [1.54, 1.807) is 7.11 Å². The van der Waals surface area contributed by atoms with E-state index in [2.05, 4.69) is 50.7 Å². The van der Waals surface area contributed by atoms with Gasteiger partial charge in [0.15, 0.2) is 5.82 Å². The van der Waals surface area contributed by atoms with Gasteiger partial charge in [0.2, 0.25) is 0 Å². The Morgan fingerprint density at radius 2 is 1.91 bits per heavy atom. The van der Waals surface area contributed by atoms with E-state index in [-0.39, 0.29) is 5.91 Å². The minimum Gasteiger partial charge on any atom is -0.494 e. The number of ether oxygens (including phenoxy) is 1. The number of benzene rings is 2. The number of anilines is 2. The van der Waals surface area contributed by atoms with Crippen molar-refractivity contribution in [3.05, 3.63) is 53.3 Å². The Balaban J connectivity index is 1.35. The second kappa shape index (κ2) is 11.0. The van der Waals surface area contributed by atoms with Gasteiger partial charge in [0.1, 0.15) is 11.3 Å². The number of carbonyl (C=O) groups is 1. The van der Waals surface area contributed by atoms with E-state index in [4.69, 9.17) is 15.5 Å². The van der Waals surface area contributed by atoms with Gasteiger partial charge < -0.3 is 29.8 Å². The number of hydrogen-bond donors (Lipinski definition) is 2. The van der Waals surface area contributed by atoms with E-state index in [1.165, 1.54) is 12.8 Å². The van der Waals surface area contributed by atoms with Crippen LogP contribution in [0.3, 0.4) is 0 Å². The molecule has 4 heterocycles. The van der Waals surface area contributed by atoms with Crippen LogP contribution >= 0.6 is 0 Å². The number of aryl methyl sites for hydroxylation is 3. The van der Waals surface area contributed by atoms with Crippen LogP contribution < -0.4 is 15.8 Å². The second-order valence-corrected chi connectivity index (χ2v) is 12.7. The van der Waals surface area contributed by atoms with Crippen LogP contribution in [0.15, 0.2) is 36.4 Å². The largest absolute Gasteiger partial charge is 0.494 e. The summed E-state index contributed by atoms with van der Waals surface area (Å²) in [6.45, 7) is 7.09. The quantitative estimate of drug-likeness (QED) is 0.245. The number of aromatic nitrogens is 5. The second-order valence-electron chi connectivity index (χ2n) is 12.7. The summed E-state index contributed by atoms with van der Waals surface area (Å²) in [7, 11) is 5.67. The van der Waals surface area contributed by atoms with E-state index in [1.807, 2.05) is 42.7 Å². The van der Waals surface area contributed by atoms with Gasteiger partial charge in [-0.2, -0.15) is 5.10 Å². The first kappa shape index (κ1) is 28.5. The molecule has 230 valence electrons. The van der Waals surface area contributed by atoms with Crippen LogP contribution in [0, 0.1) is 25.7 Å². The van der Waals surface area contributed by atoms with Gasteiger partial charge in [-0.05, 0) is 82.2 Å². The topological polar surface area (TPSA) is 108 Å². The molecule has 44 heavy (non-hydrogen) atoms. The summed E-state index contributed by atoms with van der Waals surface area (Å²) in [4.78, 5) is 20.8. The maximum Gasteiger partial charge on any atom is 0.254 e. The average molecular weight is 595 g/mol. The highest BCUT2D eigenvalue weighted by atomic mass is 16.5. The van der Waals surface area contributed by atoms with Crippen molar-refractivity contribution in [3.8, 4) is 17.3 Å². The normalized spacial score (nSPS) is 17.1. The minimum atomic E-state index is 0.00936. The van der Waals surface area contributed by atoms with Crippen LogP contribution in [-0.2, 0) is 20.6 Å².